The predicted octanol–water partition coefficient (Wildman–Crippen LogP) is 1.13. The lowest BCUT2D eigenvalue weighted by molar-refractivity contribution is 0.207. The fraction of sp³-hybridized carbons (Fsp3) is 0.312. The summed E-state index contributed by atoms with van der Waals surface area (Å²) in [7, 11) is 1.67. The molecule has 1 N–H and O–H groups in total. The topological polar surface area (TPSA) is 71.7 Å². The Labute approximate surface area is 137 Å². The first-order valence-corrected chi connectivity index (χ1v) is 7.75. The third kappa shape index (κ3) is 2.54. The zero-order valence-electron chi connectivity index (χ0n) is 13.2. The van der Waals surface area contributed by atoms with E-state index < -0.39 is 0 Å². The van der Waals surface area contributed by atoms with Gasteiger partial charge in [-0.3, -0.25) is 14.6 Å². The number of hydrogen-bond donors (Lipinski definition) is 1. The molecule has 1 aromatic carbocycles. The summed E-state index contributed by atoms with van der Waals surface area (Å²) < 4.78 is 16.2. The van der Waals surface area contributed by atoms with Gasteiger partial charge < -0.3 is 0 Å². The van der Waals surface area contributed by atoms with Gasteiger partial charge in [-0.05, 0) is 24.3 Å². The molecule has 0 saturated carbocycles. The Kier molecular flexibility index (Phi) is 3.53. The van der Waals surface area contributed by atoms with Crippen LogP contribution >= 0.6 is 0 Å². The van der Waals surface area contributed by atoms with Crippen molar-refractivity contribution in [3.05, 3.63) is 58.2 Å². The van der Waals surface area contributed by atoms with Gasteiger partial charge in [0.15, 0.2) is 0 Å². The zero-order valence-corrected chi connectivity index (χ0v) is 13.2. The normalized spacial score (nSPS) is 14.8. The molecule has 0 amide bonds. The summed E-state index contributed by atoms with van der Waals surface area (Å²) in [6.45, 7) is 2.70. The molecule has 2 aromatic heterocycles. The third-order valence-corrected chi connectivity index (χ3v) is 4.33. The maximum absolute atomic E-state index is 13.1. The lowest BCUT2D eigenvalue weighted by Crippen LogP contribution is -2.37. The van der Waals surface area contributed by atoms with Crippen molar-refractivity contribution < 1.29 is 4.39 Å². The average molecular weight is 328 g/mol. The summed E-state index contributed by atoms with van der Waals surface area (Å²) in [5.41, 5.74) is 2.75. The van der Waals surface area contributed by atoms with E-state index in [0.717, 1.165) is 29.2 Å². The number of nitrogens with one attached hydrogen (secondary N) is 1. The number of halogens is 1. The molecule has 3 aromatic rings. The standard InChI is InChI=1S/C16H17FN6O/c1-21-16(24)23-7-6-22(10-14(23)20-21)9-12-8-18-19-15(12)11-2-4-13(17)5-3-11/h2-5,8H,6-7,9-10H2,1H3,(H,18,19). The number of aromatic nitrogens is 5. The molecule has 124 valence electrons. The molecule has 0 radical (unpaired) electrons. The second-order valence-electron chi connectivity index (χ2n) is 5.96. The van der Waals surface area contributed by atoms with Crippen LogP contribution in [0.2, 0.25) is 0 Å². The van der Waals surface area contributed by atoms with Gasteiger partial charge in [0, 0.05) is 37.8 Å². The van der Waals surface area contributed by atoms with Gasteiger partial charge in [0.2, 0.25) is 0 Å². The molecule has 0 spiro atoms. The van der Waals surface area contributed by atoms with Crippen LogP contribution in [0.5, 0.6) is 0 Å². The van der Waals surface area contributed by atoms with Gasteiger partial charge in [-0.25, -0.2) is 13.9 Å². The number of H-pyrrole nitrogens is 1. The first-order valence-electron chi connectivity index (χ1n) is 7.75. The van der Waals surface area contributed by atoms with Gasteiger partial charge in [-0.2, -0.15) is 10.2 Å². The number of aryl methyl sites for hydroxylation is 1. The summed E-state index contributed by atoms with van der Waals surface area (Å²) in [5, 5.41) is 11.4. The summed E-state index contributed by atoms with van der Waals surface area (Å²) in [5.74, 6) is 0.518. The van der Waals surface area contributed by atoms with E-state index in [-0.39, 0.29) is 11.5 Å². The Morgan fingerprint density at radius 2 is 2.04 bits per heavy atom. The minimum Gasteiger partial charge on any atom is -0.290 e. The van der Waals surface area contributed by atoms with Crippen molar-refractivity contribution in [2.45, 2.75) is 19.6 Å². The number of hydrogen-bond acceptors (Lipinski definition) is 4. The third-order valence-electron chi connectivity index (χ3n) is 4.33. The Bertz CT molecular complexity index is 923. The molecule has 0 aliphatic carbocycles. The SMILES string of the molecule is Cn1nc2n(c1=O)CCN(Cc1cn[nH]c1-c1ccc(F)cc1)C2. The van der Waals surface area contributed by atoms with Gasteiger partial charge in [0.05, 0.1) is 18.4 Å². The molecule has 8 heteroatoms. The molecule has 0 bridgehead atoms. The monoisotopic (exact) mass is 328 g/mol. The van der Waals surface area contributed by atoms with Crippen molar-refractivity contribution in [2.24, 2.45) is 7.05 Å². The molecular formula is C16H17FN6O. The van der Waals surface area contributed by atoms with Crippen molar-refractivity contribution >= 4 is 0 Å². The van der Waals surface area contributed by atoms with E-state index in [4.69, 9.17) is 0 Å². The molecule has 0 fully saturated rings. The number of benzene rings is 1. The van der Waals surface area contributed by atoms with Gasteiger partial charge in [-0.15, -0.1) is 0 Å². The van der Waals surface area contributed by atoms with Gasteiger partial charge in [-0.1, -0.05) is 0 Å². The maximum atomic E-state index is 13.1. The Morgan fingerprint density at radius 3 is 2.83 bits per heavy atom. The fourth-order valence-electron chi connectivity index (χ4n) is 3.09. The van der Waals surface area contributed by atoms with E-state index in [1.807, 2.05) is 0 Å². The first kappa shape index (κ1) is 14.8. The highest BCUT2D eigenvalue weighted by Gasteiger charge is 2.22. The van der Waals surface area contributed by atoms with E-state index in [1.54, 1.807) is 29.9 Å². The smallest absolute Gasteiger partial charge is 0.290 e. The fourth-order valence-corrected chi connectivity index (χ4v) is 3.09. The van der Waals surface area contributed by atoms with Crippen LogP contribution < -0.4 is 5.69 Å². The molecule has 3 heterocycles. The highest BCUT2D eigenvalue weighted by atomic mass is 19.1. The van der Waals surface area contributed by atoms with Crippen LogP contribution in [-0.4, -0.2) is 36.0 Å². The molecule has 0 unspecified atom stereocenters. The predicted molar refractivity (Wildman–Crippen MR) is 85.6 cm³/mol. The van der Waals surface area contributed by atoms with Crippen molar-refractivity contribution in [1.29, 1.82) is 0 Å². The molecule has 1 aliphatic heterocycles. The number of rotatable bonds is 3. The second kappa shape index (κ2) is 5.72. The van der Waals surface area contributed by atoms with E-state index in [1.165, 1.54) is 16.8 Å². The van der Waals surface area contributed by atoms with Crippen molar-refractivity contribution in [2.75, 3.05) is 6.54 Å². The molecule has 0 saturated heterocycles. The number of aromatic amines is 1. The summed E-state index contributed by atoms with van der Waals surface area (Å²) in [4.78, 5) is 14.1. The highest BCUT2D eigenvalue weighted by molar-refractivity contribution is 5.62. The van der Waals surface area contributed by atoms with E-state index >= 15 is 0 Å². The Morgan fingerprint density at radius 1 is 1.25 bits per heavy atom. The maximum Gasteiger partial charge on any atom is 0.345 e. The van der Waals surface area contributed by atoms with Gasteiger partial charge in [0.25, 0.3) is 0 Å². The second-order valence-corrected chi connectivity index (χ2v) is 5.96. The van der Waals surface area contributed by atoms with Crippen LogP contribution in [0.15, 0.2) is 35.3 Å². The molecule has 7 nitrogen and oxygen atoms in total. The average Bonchev–Trinajstić information content (AvgIpc) is 3.13. The summed E-state index contributed by atoms with van der Waals surface area (Å²) in [6.07, 6.45) is 1.79. The Hall–Kier alpha value is -2.74. The van der Waals surface area contributed by atoms with Gasteiger partial charge >= 0.3 is 5.69 Å². The van der Waals surface area contributed by atoms with E-state index in [0.29, 0.717) is 19.6 Å². The van der Waals surface area contributed by atoms with Crippen LogP contribution in [0.4, 0.5) is 4.39 Å². The van der Waals surface area contributed by atoms with Crippen molar-refractivity contribution in [3.8, 4) is 11.3 Å². The molecule has 4 rings (SSSR count). The highest BCUT2D eigenvalue weighted by Crippen LogP contribution is 2.23. The van der Waals surface area contributed by atoms with Crippen LogP contribution in [0.25, 0.3) is 11.3 Å². The minimum absolute atomic E-state index is 0.0695. The molecular weight excluding hydrogens is 311 g/mol. The van der Waals surface area contributed by atoms with Crippen molar-refractivity contribution in [1.82, 2.24) is 29.4 Å². The zero-order chi connectivity index (χ0) is 16.7. The lowest BCUT2D eigenvalue weighted by atomic mass is 10.1. The van der Waals surface area contributed by atoms with Crippen LogP contribution in [-0.2, 0) is 26.7 Å². The van der Waals surface area contributed by atoms with Crippen LogP contribution in [0.3, 0.4) is 0 Å². The minimum atomic E-state index is -0.260. The lowest BCUT2D eigenvalue weighted by Gasteiger charge is -2.26. The van der Waals surface area contributed by atoms with E-state index in [9.17, 15) is 9.18 Å². The quantitative estimate of drug-likeness (QED) is 0.782. The summed E-state index contributed by atoms with van der Waals surface area (Å²) >= 11 is 0. The number of fused-ring (bicyclic) bond motifs is 1. The molecule has 0 atom stereocenters. The summed E-state index contributed by atoms with van der Waals surface area (Å²) in [6, 6.07) is 6.35. The molecule has 1 aliphatic rings. The number of nitrogens with zero attached hydrogens (tertiary/aromatic N) is 5. The molecule has 24 heavy (non-hydrogen) atoms. The van der Waals surface area contributed by atoms with Crippen LogP contribution in [0, 0.1) is 5.82 Å². The van der Waals surface area contributed by atoms with Crippen molar-refractivity contribution in [3.63, 3.8) is 0 Å². The first-order chi connectivity index (χ1) is 11.6. The van der Waals surface area contributed by atoms with Crippen LogP contribution in [0.1, 0.15) is 11.4 Å². The largest absolute Gasteiger partial charge is 0.345 e. The Balaban J connectivity index is 1.56. The van der Waals surface area contributed by atoms with Gasteiger partial charge in [0.1, 0.15) is 11.6 Å². The van der Waals surface area contributed by atoms with E-state index in [2.05, 4.69) is 20.2 Å².